The zero-order chi connectivity index (χ0) is 14.5. The van der Waals surface area contributed by atoms with E-state index < -0.39 is 12.0 Å². The number of amides is 1. The van der Waals surface area contributed by atoms with Gasteiger partial charge in [0.1, 0.15) is 11.9 Å². The van der Waals surface area contributed by atoms with Crippen LogP contribution < -0.4 is 0 Å². The van der Waals surface area contributed by atoms with E-state index in [0.29, 0.717) is 25.9 Å². The third-order valence-electron chi connectivity index (χ3n) is 3.79. The van der Waals surface area contributed by atoms with E-state index in [-0.39, 0.29) is 5.91 Å². The second-order valence-electron chi connectivity index (χ2n) is 5.08. The molecule has 0 saturated carbocycles. The minimum atomic E-state index is -0.894. The molecule has 2 heterocycles. The van der Waals surface area contributed by atoms with E-state index in [4.69, 9.17) is 0 Å². The van der Waals surface area contributed by atoms with Crippen molar-refractivity contribution in [2.45, 2.75) is 51.6 Å². The van der Waals surface area contributed by atoms with Gasteiger partial charge >= 0.3 is 5.97 Å². The van der Waals surface area contributed by atoms with E-state index in [0.717, 1.165) is 25.1 Å². The Hall–Kier alpha value is -1.85. The van der Waals surface area contributed by atoms with Gasteiger partial charge in [-0.25, -0.2) is 9.78 Å². The number of carbonyl (C=O) groups excluding carboxylic acids is 1. The largest absolute Gasteiger partial charge is 0.480 e. The number of aliphatic carboxylic acids is 1. The lowest BCUT2D eigenvalue weighted by Gasteiger charge is -2.33. The number of hydrogen-bond donors (Lipinski definition) is 1. The Kier molecular flexibility index (Phi) is 4.76. The van der Waals surface area contributed by atoms with Gasteiger partial charge in [0.15, 0.2) is 0 Å². The normalized spacial score (nSPS) is 19.1. The highest BCUT2D eigenvalue weighted by Gasteiger charge is 2.31. The number of hydrogen-bond acceptors (Lipinski definition) is 3. The molecule has 2 rings (SSSR count). The van der Waals surface area contributed by atoms with Gasteiger partial charge in [-0.15, -0.1) is 0 Å². The molecule has 0 aromatic carbocycles. The summed E-state index contributed by atoms with van der Waals surface area (Å²) in [6.07, 6.45) is 7.06. The zero-order valence-corrected chi connectivity index (χ0v) is 11.8. The van der Waals surface area contributed by atoms with Crippen LogP contribution in [-0.2, 0) is 22.6 Å². The Bertz CT molecular complexity index is 484. The van der Waals surface area contributed by atoms with Crippen molar-refractivity contribution in [2.75, 3.05) is 6.54 Å². The lowest BCUT2D eigenvalue weighted by Crippen LogP contribution is -2.48. The number of nitrogens with zero attached hydrogens (tertiary/aromatic N) is 3. The highest BCUT2D eigenvalue weighted by Crippen LogP contribution is 2.18. The number of rotatable bonds is 5. The van der Waals surface area contributed by atoms with Crippen molar-refractivity contribution in [2.24, 2.45) is 0 Å². The van der Waals surface area contributed by atoms with E-state index >= 15 is 0 Å². The number of carboxylic acids is 1. The van der Waals surface area contributed by atoms with Crippen molar-refractivity contribution < 1.29 is 14.7 Å². The molecular formula is C14H21N3O3. The minimum Gasteiger partial charge on any atom is -0.480 e. The Labute approximate surface area is 118 Å². The molecule has 1 fully saturated rings. The quantitative estimate of drug-likeness (QED) is 0.881. The average Bonchev–Trinajstić information content (AvgIpc) is 2.92. The van der Waals surface area contributed by atoms with Crippen LogP contribution in [0.1, 0.15) is 38.4 Å². The summed E-state index contributed by atoms with van der Waals surface area (Å²) < 4.78 is 1.96. The number of carboxylic acid groups (broad SMARTS) is 1. The number of aryl methyl sites for hydroxylation is 2. The lowest BCUT2D eigenvalue weighted by molar-refractivity contribution is -0.152. The lowest BCUT2D eigenvalue weighted by atomic mass is 10.0. The van der Waals surface area contributed by atoms with Gasteiger partial charge in [0, 0.05) is 38.3 Å². The minimum absolute atomic E-state index is 0.0761. The molecule has 1 N–H and O–H groups in total. The Morgan fingerprint density at radius 1 is 1.45 bits per heavy atom. The maximum absolute atomic E-state index is 12.2. The van der Waals surface area contributed by atoms with Crippen molar-refractivity contribution >= 4 is 11.9 Å². The molecule has 6 heteroatoms. The molecule has 1 aromatic rings. The summed E-state index contributed by atoms with van der Waals surface area (Å²) in [6, 6.07) is -0.648. The SMILES string of the molecule is CCc1nccn1CCC(=O)N1CCCCC1C(=O)O. The molecule has 0 spiro atoms. The molecule has 1 aliphatic heterocycles. The van der Waals surface area contributed by atoms with Crippen LogP contribution in [0.3, 0.4) is 0 Å². The topological polar surface area (TPSA) is 75.4 Å². The maximum atomic E-state index is 12.2. The van der Waals surface area contributed by atoms with E-state index in [1.807, 2.05) is 17.7 Å². The molecule has 0 radical (unpaired) electrons. The summed E-state index contributed by atoms with van der Waals surface area (Å²) in [5.74, 6) is -0.0194. The molecule has 110 valence electrons. The Morgan fingerprint density at radius 3 is 2.95 bits per heavy atom. The number of piperidine rings is 1. The smallest absolute Gasteiger partial charge is 0.326 e. The summed E-state index contributed by atoms with van der Waals surface area (Å²) in [7, 11) is 0. The Balaban J connectivity index is 1.95. The Morgan fingerprint density at radius 2 is 2.25 bits per heavy atom. The first kappa shape index (κ1) is 14.6. The van der Waals surface area contributed by atoms with Gasteiger partial charge in [-0.3, -0.25) is 4.79 Å². The molecule has 1 amide bonds. The van der Waals surface area contributed by atoms with Crippen molar-refractivity contribution in [1.82, 2.24) is 14.5 Å². The van der Waals surface area contributed by atoms with Crippen LogP contribution in [0.2, 0.25) is 0 Å². The number of imidazole rings is 1. The van der Waals surface area contributed by atoms with Gasteiger partial charge in [-0.2, -0.15) is 0 Å². The van der Waals surface area contributed by atoms with E-state index in [1.165, 1.54) is 4.90 Å². The third-order valence-corrected chi connectivity index (χ3v) is 3.79. The zero-order valence-electron chi connectivity index (χ0n) is 11.8. The van der Waals surface area contributed by atoms with Gasteiger partial charge in [-0.1, -0.05) is 6.92 Å². The van der Waals surface area contributed by atoms with Crippen LogP contribution in [-0.4, -0.2) is 44.0 Å². The highest BCUT2D eigenvalue weighted by atomic mass is 16.4. The molecule has 1 aromatic heterocycles. The van der Waals surface area contributed by atoms with Crippen LogP contribution in [0.5, 0.6) is 0 Å². The fraction of sp³-hybridized carbons (Fsp3) is 0.643. The van der Waals surface area contributed by atoms with Crippen molar-refractivity contribution in [1.29, 1.82) is 0 Å². The molecule has 0 bridgehead atoms. The maximum Gasteiger partial charge on any atom is 0.326 e. The monoisotopic (exact) mass is 279 g/mol. The molecule has 1 atom stereocenters. The van der Waals surface area contributed by atoms with Crippen molar-refractivity contribution in [3.8, 4) is 0 Å². The number of aromatic nitrogens is 2. The summed E-state index contributed by atoms with van der Waals surface area (Å²) in [6.45, 7) is 3.14. The highest BCUT2D eigenvalue weighted by molar-refractivity contribution is 5.83. The summed E-state index contributed by atoms with van der Waals surface area (Å²) >= 11 is 0. The van der Waals surface area contributed by atoms with Crippen molar-refractivity contribution in [3.05, 3.63) is 18.2 Å². The summed E-state index contributed by atoms with van der Waals surface area (Å²) in [4.78, 5) is 29.2. The van der Waals surface area contributed by atoms with Gasteiger partial charge in [0.2, 0.25) is 5.91 Å². The first-order valence-electron chi connectivity index (χ1n) is 7.15. The average molecular weight is 279 g/mol. The third kappa shape index (κ3) is 3.18. The molecule has 20 heavy (non-hydrogen) atoms. The van der Waals surface area contributed by atoms with Crippen LogP contribution in [0.25, 0.3) is 0 Å². The fourth-order valence-corrected chi connectivity index (χ4v) is 2.70. The van der Waals surface area contributed by atoms with Crippen molar-refractivity contribution in [3.63, 3.8) is 0 Å². The predicted molar refractivity (Wildman–Crippen MR) is 73.2 cm³/mol. The first-order valence-corrected chi connectivity index (χ1v) is 7.15. The predicted octanol–water partition coefficient (Wildman–Crippen LogP) is 1.30. The second-order valence-corrected chi connectivity index (χ2v) is 5.08. The first-order chi connectivity index (χ1) is 9.63. The molecule has 0 aliphatic carbocycles. The molecule has 1 saturated heterocycles. The number of carbonyl (C=O) groups is 2. The fourth-order valence-electron chi connectivity index (χ4n) is 2.70. The van der Waals surface area contributed by atoms with E-state index in [2.05, 4.69) is 4.98 Å². The standard InChI is InChI=1S/C14H21N3O3/c1-2-12-15-7-10-16(12)9-6-13(18)17-8-4-3-5-11(17)14(19)20/h7,10-11H,2-6,8-9H2,1H3,(H,19,20). The second kappa shape index (κ2) is 6.54. The van der Waals surface area contributed by atoms with E-state index in [1.54, 1.807) is 6.20 Å². The number of likely N-dealkylation sites (tertiary alicyclic amines) is 1. The van der Waals surface area contributed by atoms with Gasteiger partial charge in [0.05, 0.1) is 0 Å². The van der Waals surface area contributed by atoms with Gasteiger partial charge in [-0.05, 0) is 19.3 Å². The van der Waals surface area contributed by atoms with Crippen LogP contribution >= 0.6 is 0 Å². The molecular weight excluding hydrogens is 258 g/mol. The molecule has 1 unspecified atom stereocenters. The van der Waals surface area contributed by atoms with Crippen LogP contribution in [0, 0.1) is 0 Å². The van der Waals surface area contributed by atoms with Crippen LogP contribution in [0.15, 0.2) is 12.4 Å². The molecule has 1 aliphatic rings. The van der Waals surface area contributed by atoms with Gasteiger partial charge < -0.3 is 14.6 Å². The van der Waals surface area contributed by atoms with E-state index in [9.17, 15) is 14.7 Å². The molecule has 6 nitrogen and oxygen atoms in total. The van der Waals surface area contributed by atoms with Crippen LogP contribution in [0.4, 0.5) is 0 Å². The summed E-state index contributed by atoms with van der Waals surface area (Å²) in [5.41, 5.74) is 0. The summed E-state index contributed by atoms with van der Waals surface area (Å²) in [5, 5.41) is 9.18. The van der Waals surface area contributed by atoms with Gasteiger partial charge in [0.25, 0.3) is 0 Å².